The molecule has 0 aliphatic rings. The van der Waals surface area contributed by atoms with E-state index < -0.39 is 4.94 Å². The highest BCUT2D eigenvalue weighted by Gasteiger charge is 2.03. The van der Waals surface area contributed by atoms with E-state index in [2.05, 4.69) is 11.0 Å². The van der Waals surface area contributed by atoms with E-state index in [9.17, 15) is 4.79 Å². The number of hydrogen-bond donors (Lipinski definition) is 0. The van der Waals surface area contributed by atoms with Crippen molar-refractivity contribution in [3.8, 4) is 0 Å². The molecule has 0 fully saturated rings. The molecule has 0 aliphatic carbocycles. The van der Waals surface area contributed by atoms with Crippen molar-refractivity contribution < 1.29 is 4.42 Å². The van der Waals surface area contributed by atoms with Gasteiger partial charge >= 0.3 is 4.94 Å². The van der Waals surface area contributed by atoms with Crippen LogP contribution in [-0.2, 0) is 0 Å². The molecule has 0 amide bonds. The zero-order valence-electron chi connectivity index (χ0n) is 9.19. The van der Waals surface area contributed by atoms with Crippen molar-refractivity contribution in [3.63, 3.8) is 0 Å². The molecule has 1 rings (SSSR count). The zero-order chi connectivity index (χ0) is 11.7. The Bertz CT molecular complexity index is 399. The molecule has 4 heteroatoms. The van der Waals surface area contributed by atoms with Crippen molar-refractivity contribution in [1.82, 2.24) is 4.37 Å². The highest BCUT2D eigenvalue weighted by atomic mass is 32.1. The maximum Gasteiger partial charge on any atom is 0.414 e. The molecule has 1 aromatic heterocycles. The summed E-state index contributed by atoms with van der Waals surface area (Å²) in [5.74, 6) is 0.322. The molecule has 0 bridgehead atoms. The molecule has 82 valence electrons. The molecule has 3 nitrogen and oxygen atoms in total. The van der Waals surface area contributed by atoms with E-state index in [1.807, 2.05) is 32.9 Å². The summed E-state index contributed by atoms with van der Waals surface area (Å²) in [5.41, 5.74) is 0.705. The van der Waals surface area contributed by atoms with E-state index in [-0.39, 0.29) is 0 Å². The standard InChI is InChI=1S/C9H9NO2S.C2H6/c1-3-5-6-7(4-2)8-10-13-9(11)12-8;1-2/h3-6H,2H2,1H3;1-2H3/b5-3-,7-6+;. The van der Waals surface area contributed by atoms with Crippen molar-refractivity contribution in [2.24, 2.45) is 0 Å². The van der Waals surface area contributed by atoms with Crippen LogP contribution in [0.4, 0.5) is 0 Å². The van der Waals surface area contributed by atoms with Gasteiger partial charge in [0.05, 0.1) is 11.5 Å². The summed E-state index contributed by atoms with van der Waals surface area (Å²) in [4.78, 5) is 10.3. The van der Waals surface area contributed by atoms with Crippen LogP contribution in [0.5, 0.6) is 0 Å². The van der Waals surface area contributed by atoms with E-state index in [0.29, 0.717) is 11.5 Å². The highest BCUT2D eigenvalue weighted by Crippen LogP contribution is 2.11. The summed E-state index contributed by atoms with van der Waals surface area (Å²) in [6.07, 6.45) is 7.08. The highest BCUT2D eigenvalue weighted by molar-refractivity contribution is 7.02. The van der Waals surface area contributed by atoms with Crippen LogP contribution in [0.3, 0.4) is 0 Å². The van der Waals surface area contributed by atoms with Crippen molar-refractivity contribution in [2.75, 3.05) is 0 Å². The van der Waals surface area contributed by atoms with Crippen LogP contribution in [0.25, 0.3) is 5.57 Å². The zero-order valence-corrected chi connectivity index (χ0v) is 10.0. The van der Waals surface area contributed by atoms with Crippen LogP contribution in [0, 0.1) is 0 Å². The van der Waals surface area contributed by atoms with Gasteiger partial charge in [-0.15, -0.1) is 4.37 Å². The van der Waals surface area contributed by atoms with Gasteiger partial charge in [0, 0.05) is 5.57 Å². The van der Waals surface area contributed by atoms with Crippen LogP contribution < -0.4 is 4.94 Å². The van der Waals surface area contributed by atoms with Crippen LogP contribution in [0.2, 0.25) is 0 Å². The summed E-state index contributed by atoms with van der Waals surface area (Å²) in [5, 5.41) is 0. The Morgan fingerprint density at radius 2 is 2.20 bits per heavy atom. The first-order valence-corrected chi connectivity index (χ1v) is 5.48. The summed E-state index contributed by atoms with van der Waals surface area (Å²) in [7, 11) is 0. The molecule has 0 N–H and O–H groups in total. The molecule has 0 saturated carbocycles. The molecule has 0 aliphatic heterocycles. The van der Waals surface area contributed by atoms with E-state index in [4.69, 9.17) is 4.42 Å². The number of rotatable bonds is 3. The Balaban J connectivity index is 0.000000921. The second-order valence-electron chi connectivity index (χ2n) is 2.19. The lowest BCUT2D eigenvalue weighted by Gasteiger charge is -1.89. The molecule has 0 atom stereocenters. The molecule has 0 unspecified atom stereocenters. The fourth-order valence-electron chi connectivity index (χ4n) is 0.733. The fourth-order valence-corrected chi connectivity index (χ4v) is 1.15. The molecular weight excluding hydrogens is 210 g/mol. The quantitative estimate of drug-likeness (QED) is 0.741. The van der Waals surface area contributed by atoms with Crippen LogP contribution in [-0.4, -0.2) is 4.37 Å². The molecular formula is C11H15NO2S. The Hall–Kier alpha value is -1.42. The summed E-state index contributed by atoms with van der Waals surface area (Å²) in [6, 6.07) is 0. The largest absolute Gasteiger partial charge is 0.414 e. The van der Waals surface area contributed by atoms with Crippen LogP contribution in [0.15, 0.2) is 40.1 Å². The van der Waals surface area contributed by atoms with Crippen molar-refractivity contribution in [1.29, 1.82) is 0 Å². The van der Waals surface area contributed by atoms with Gasteiger partial charge in [0.25, 0.3) is 0 Å². The van der Waals surface area contributed by atoms with E-state index in [0.717, 1.165) is 11.5 Å². The average Bonchev–Trinajstić information content (AvgIpc) is 2.69. The van der Waals surface area contributed by atoms with E-state index in [1.54, 1.807) is 12.2 Å². The SMILES string of the molecule is C=C/C(=C\C=C/C)c1nsc(=O)o1.CC. The first-order chi connectivity index (χ1) is 7.27. The third-order valence-electron chi connectivity index (χ3n) is 1.32. The fraction of sp³-hybridized carbons (Fsp3) is 0.273. The maximum atomic E-state index is 10.7. The first-order valence-electron chi connectivity index (χ1n) is 4.70. The number of allylic oxidation sites excluding steroid dienone is 5. The van der Waals surface area contributed by atoms with Gasteiger partial charge in [-0.25, -0.2) is 4.79 Å². The first kappa shape index (κ1) is 13.6. The predicted molar refractivity (Wildman–Crippen MR) is 65.0 cm³/mol. The van der Waals surface area contributed by atoms with Crippen molar-refractivity contribution in [3.05, 3.63) is 46.5 Å². The number of nitrogens with zero attached hydrogens (tertiary/aromatic N) is 1. The van der Waals surface area contributed by atoms with Gasteiger partial charge in [0.1, 0.15) is 0 Å². The van der Waals surface area contributed by atoms with Crippen LogP contribution in [0.1, 0.15) is 26.7 Å². The summed E-state index contributed by atoms with van der Waals surface area (Å²) < 4.78 is 8.64. The molecule has 1 aromatic rings. The molecule has 0 spiro atoms. The predicted octanol–water partition coefficient (Wildman–Crippen LogP) is 3.27. The third-order valence-corrected chi connectivity index (χ3v) is 1.81. The molecule has 1 heterocycles. The number of hydrogen-bond acceptors (Lipinski definition) is 4. The normalized spacial score (nSPS) is 11.0. The summed E-state index contributed by atoms with van der Waals surface area (Å²) >= 11 is 0.797. The van der Waals surface area contributed by atoms with Gasteiger partial charge < -0.3 is 4.42 Å². The number of aromatic nitrogens is 1. The second kappa shape index (κ2) is 7.94. The van der Waals surface area contributed by atoms with Gasteiger partial charge in [-0.3, -0.25) is 0 Å². The van der Waals surface area contributed by atoms with Crippen LogP contribution >= 0.6 is 11.5 Å². The molecule has 0 radical (unpaired) electrons. The Morgan fingerprint density at radius 1 is 1.53 bits per heavy atom. The maximum absolute atomic E-state index is 10.7. The third kappa shape index (κ3) is 4.56. The minimum absolute atomic E-state index is 0.322. The van der Waals surface area contributed by atoms with E-state index in [1.165, 1.54) is 0 Å². The summed E-state index contributed by atoms with van der Waals surface area (Å²) in [6.45, 7) is 9.50. The minimum Gasteiger partial charge on any atom is -0.394 e. The topological polar surface area (TPSA) is 43.1 Å². The molecule has 0 saturated heterocycles. The Labute approximate surface area is 93.6 Å². The van der Waals surface area contributed by atoms with Gasteiger partial charge in [0.15, 0.2) is 0 Å². The lowest BCUT2D eigenvalue weighted by molar-refractivity contribution is 0.513. The van der Waals surface area contributed by atoms with Gasteiger partial charge in [0.2, 0.25) is 5.89 Å². The van der Waals surface area contributed by atoms with E-state index >= 15 is 0 Å². The van der Waals surface area contributed by atoms with Crippen molar-refractivity contribution >= 4 is 17.1 Å². The minimum atomic E-state index is -0.400. The average molecular weight is 225 g/mol. The second-order valence-corrected chi connectivity index (χ2v) is 2.89. The molecule has 15 heavy (non-hydrogen) atoms. The van der Waals surface area contributed by atoms with Gasteiger partial charge in [-0.2, -0.15) is 0 Å². The lowest BCUT2D eigenvalue weighted by Crippen LogP contribution is -1.83. The van der Waals surface area contributed by atoms with Gasteiger partial charge in [-0.05, 0) is 13.0 Å². The molecule has 0 aromatic carbocycles. The Kier molecular flexibility index (Phi) is 7.18. The Morgan fingerprint density at radius 3 is 2.60 bits per heavy atom. The smallest absolute Gasteiger partial charge is 0.394 e. The lowest BCUT2D eigenvalue weighted by atomic mass is 10.2. The monoisotopic (exact) mass is 225 g/mol. The van der Waals surface area contributed by atoms with Gasteiger partial charge in [-0.1, -0.05) is 38.7 Å². The van der Waals surface area contributed by atoms with Crippen molar-refractivity contribution in [2.45, 2.75) is 20.8 Å².